The fraction of sp³-hybridized carbons (Fsp3) is 0.833. The minimum Gasteiger partial charge on any atom is -0.480 e. The van der Waals surface area contributed by atoms with Gasteiger partial charge in [0.05, 0.1) is 6.26 Å². The number of hydrogen-bond acceptors (Lipinski definition) is 4. The molecule has 0 radical (unpaired) electrons. The highest BCUT2D eigenvalue weighted by Crippen LogP contribution is 2.26. The van der Waals surface area contributed by atoms with E-state index in [9.17, 15) is 23.1 Å². The Bertz CT molecular complexity index is 460. The van der Waals surface area contributed by atoms with Gasteiger partial charge in [0.15, 0.2) is 0 Å². The average molecular weight is 321 g/mol. The van der Waals surface area contributed by atoms with E-state index in [1.165, 1.54) is 0 Å². The van der Waals surface area contributed by atoms with Crippen LogP contribution in [0.4, 0.5) is 4.79 Å². The number of sulfonamides is 1. The van der Waals surface area contributed by atoms with E-state index in [1.807, 2.05) is 0 Å². The molecule has 1 aliphatic carbocycles. The summed E-state index contributed by atoms with van der Waals surface area (Å²) in [5.74, 6) is -1.08. The van der Waals surface area contributed by atoms with Crippen molar-refractivity contribution in [3.05, 3.63) is 0 Å². The van der Waals surface area contributed by atoms with E-state index >= 15 is 0 Å². The molecule has 1 saturated carbocycles. The Morgan fingerprint density at radius 2 is 1.81 bits per heavy atom. The van der Waals surface area contributed by atoms with Crippen LogP contribution in [-0.4, -0.2) is 50.9 Å². The van der Waals surface area contributed by atoms with E-state index in [2.05, 4.69) is 15.4 Å². The molecule has 122 valence electrons. The summed E-state index contributed by atoms with van der Waals surface area (Å²) in [5, 5.41) is 14.1. The predicted octanol–water partition coefficient (Wildman–Crippen LogP) is -0.132. The van der Waals surface area contributed by atoms with E-state index in [-0.39, 0.29) is 19.0 Å². The van der Waals surface area contributed by atoms with Crippen molar-refractivity contribution in [3.63, 3.8) is 0 Å². The number of hydrogen-bond donors (Lipinski definition) is 4. The number of carboxylic acid groups (broad SMARTS) is 1. The minimum atomic E-state index is -3.29. The molecule has 0 bridgehead atoms. The fourth-order valence-corrected chi connectivity index (χ4v) is 2.93. The lowest BCUT2D eigenvalue weighted by Gasteiger charge is -2.28. The molecule has 0 aromatic heterocycles. The van der Waals surface area contributed by atoms with Gasteiger partial charge >= 0.3 is 12.0 Å². The van der Waals surface area contributed by atoms with Gasteiger partial charge in [-0.15, -0.1) is 0 Å². The van der Waals surface area contributed by atoms with E-state index in [0.29, 0.717) is 0 Å². The number of urea groups is 1. The Balaban J connectivity index is 2.37. The topological polar surface area (TPSA) is 125 Å². The second-order valence-corrected chi connectivity index (χ2v) is 7.11. The van der Waals surface area contributed by atoms with Crippen molar-refractivity contribution in [3.8, 4) is 0 Å². The zero-order valence-corrected chi connectivity index (χ0v) is 12.9. The number of amides is 2. The number of rotatable bonds is 7. The van der Waals surface area contributed by atoms with Crippen LogP contribution in [0.15, 0.2) is 0 Å². The highest BCUT2D eigenvalue weighted by Gasteiger charge is 2.30. The van der Waals surface area contributed by atoms with Gasteiger partial charge in [-0.3, -0.25) is 0 Å². The molecule has 0 aliphatic heterocycles. The van der Waals surface area contributed by atoms with Crippen molar-refractivity contribution < 1.29 is 23.1 Å². The van der Waals surface area contributed by atoms with E-state index in [4.69, 9.17) is 0 Å². The number of carbonyl (C=O) groups excluding carboxylic acids is 1. The third kappa shape index (κ3) is 7.28. The van der Waals surface area contributed by atoms with Crippen LogP contribution in [0.5, 0.6) is 0 Å². The van der Waals surface area contributed by atoms with Gasteiger partial charge in [0, 0.05) is 13.1 Å². The summed E-state index contributed by atoms with van der Waals surface area (Å²) < 4.78 is 23.9. The normalized spacial score (nSPS) is 18.0. The molecular weight excluding hydrogens is 298 g/mol. The van der Waals surface area contributed by atoms with Crippen molar-refractivity contribution >= 4 is 22.0 Å². The Morgan fingerprint density at radius 3 is 2.33 bits per heavy atom. The molecule has 0 aromatic rings. The van der Waals surface area contributed by atoms with Gasteiger partial charge in [-0.25, -0.2) is 22.7 Å². The molecule has 9 heteroatoms. The van der Waals surface area contributed by atoms with Gasteiger partial charge in [-0.2, -0.15) is 0 Å². The van der Waals surface area contributed by atoms with Crippen molar-refractivity contribution in [1.82, 2.24) is 15.4 Å². The van der Waals surface area contributed by atoms with E-state index < -0.39 is 28.1 Å². The van der Waals surface area contributed by atoms with E-state index in [0.717, 1.165) is 38.4 Å². The lowest BCUT2D eigenvalue weighted by atomic mass is 9.84. The molecule has 0 saturated heterocycles. The first kappa shape index (κ1) is 17.7. The first-order valence-corrected chi connectivity index (χ1v) is 8.90. The van der Waals surface area contributed by atoms with Crippen LogP contribution in [0.1, 0.15) is 32.1 Å². The lowest BCUT2D eigenvalue weighted by molar-refractivity contribution is -0.141. The third-order valence-electron chi connectivity index (χ3n) is 3.45. The molecule has 21 heavy (non-hydrogen) atoms. The second kappa shape index (κ2) is 8.18. The molecule has 2 amide bonds. The molecule has 0 heterocycles. The first-order valence-electron chi connectivity index (χ1n) is 7.01. The summed E-state index contributed by atoms with van der Waals surface area (Å²) in [4.78, 5) is 22.9. The van der Waals surface area contributed by atoms with E-state index in [1.54, 1.807) is 0 Å². The Hall–Kier alpha value is -1.35. The monoisotopic (exact) mass is 321 g/mol. The number of carboxylic acids is 1. The average Bonchev–Trinajstić information content (AvgIpc) is 2.40. The molecule has 1 fully saturated rings. The largest absolute Gasteiger partial charge is 0.480 e. The van der Waals surface area contributed by atoms with Gasteiger partial charge in [0.1, 0.15) is 6.04 Å². The van der Waals surface area contributed by atoms with Crippen LogP contribution in [0.25, 0.3) is 0 Å². The molecule has 1 atom stereocenters. The van der Waals surface area contributed by atoms with Crippen LogP contribution in [0.2, 0.25) is 0 Å². The maximum Gasteiger partial charge on any atom is 0.326 e. The molecular formula is C12H23N3O5S. The highest BCUT2D eigenvalue weighted by atomic mass is 32.2. The molecule has 1 rings (SSSR count). The Labute approximate surface area is 124 Å². The zero-order chi connectivity index (χ0) is 15.9. The summed E-state index contributed by atoms with van der Waals surface area (Å²) in [6.07, 6.45) is 5.69. The van der Waals surface area contributed by atoms with Gasteiger partial charge in [0.25, 0.3) is 0 Å². The minimum absolute atomic E-state index is 0.0452. The van der Waals surface area contributed by atoms with Crippen molar-refractivity contribution in [1.29, 1.82) is 0 Å². The maximum atomic E-state index is 11.7. The summed E-state index contributed by atoms with van der Waals surface area (Å²) >= 11 is 0. The predicted molar refractivity (Wildman–Crippen MR) is 77.4 cm³/mol. The van der Waals surface area contributed by atoms with Crippen LogP contribution in [0, 0.1) is 5.92 Å². The van der Waals surface area contributed by atoms with Crippen molar-refractivity contribution in [2.24, 2.45) is 5.92 Å². The molecule has 0 aromatic carbocycles. The molecule has 1 aliphatic rings. The first-order chi connectivity index (χ1) is 9.79. The molecule has 8 nitrogen and oxygen atoms in total. The second-order valence-electron chi connectivity index (χ2n) is 5.28. The lowest BCUT2D eigenvalue weighted by Crippen LogP contribution is -2.51. The summed E-state index contributed by atoms with van der Waals surface area (Å²) in [6, 6.07) is -1.49. The number of aliphatic carboxylic acids is 1. The zero-order valence-electron chi connectivity index (χ0n) is 12.1. The van der Waals surface area contributed by atoms with Crippen LogP contribution in [-0.2, 0) is 14.8 Å². The number of nitrogens with one attached hydrogen (secondary N) is 3. The van der Waals surface area contributed by atoms with Gasteiger partial charge in [0.2, 0.25) is 10.0 Å². The fourth-order valence-electron chi connectivity index (χ4n) is 2.45. The Morgan fingerprint density at radius 1 is 1.19 bits per heavy atom. The van der Waals surface area contributed by atoms with Crippen LogP contribution >= 0.6 is 0 Å². The SMILES string of the molecule is CS(=O)(=O)NCCNC(=O)NC(C(=O)O)C1CCCCC1. The Kier molecular flexibility index (Phi) is 6.90. The highest BCUT2D eigenvalue weighted by molar-refractivity contribution is 7.88. The number of carbonyl (C=O) groups is 2. The molecule has 4 N–H and O–H groups in total. The van der Waals surface area contributed by atoms with Gasteiger partial charge < -0.3 is 15.7 Å². The summed E-state index contributed by atoms with van der Waals surface area (Å²) in [6.45, 7) is 0.156. The van der Waals surface area contributed by atoms with Crippen LogP contribution in [0.3, 0.4) is 0 Å². The van der Waals surface area contributed by atoms with Gasteiger partial charge in [-0.1, -0.05) is 19.3 Å². The van der Waals surface area contributed by atoms with Gasteiger partial charge in [-0.05, 0) is 18.8 Å². The summed E-state index contributed by atoms with van der Waals surface area (Å²) in [5.41, 5.74) is 0. The van der Waals surface area contributed by atoms with Crippen LogP contribution < -0.4 is 15.4 Å². The quantitative estimate of drug-likeness (QED) is 0.486. The molecule has 0 spiro atoms. The standard InChI is InChI=1S/C12H23N3O5S/c1-21(19,20)14-8-7-13-12(18)15-10(11(16)17)9-5-3-2-4-6-9/h9-10,14H,2-8H2,1H3,(H,16,17)(H2,13,15,18). The smallest absolute Gasteiger partial charge is 0.326 e. The summed E-state index contributed by atoms with van der Waals surface area (Å²) in [7, 11) is -3.29. The van der Waals surface area contributed by atoms with Crippen molar-refractivity contribution in [2.75, 3.05) is 19.3 Å². The third-order valence-corrected chi connectivity index (χ3v) is 4.18. The maximum absolute atomic E-state index is 11.7. The van der Waals surface area contributed by atoms with Crippen molar-refractivity contribution in [2.45, 2.75) is 38.1 Å². The molecule has 1 unspecified atom stereocenters.